The summed E-state index contributed by atoms with van der Waals surface area (Å²) in [6.07, 6.45) is 2.75. The third-order valence-corrected chi connectivity index (χ3v) is 8.12. The Labute approximate surface area is 157 Å². The molecule has 0 unspecified atom stereocenters. The largest absolute Gasteiger partial charge is 0.450 e. The average molecular weight is 384 g/mol. The number of ether oxygens (including phenoxy) is 1. The minimum absolute atomic E-state index is 0.0635. The van der Waals surface area contributed by atoms with E-state index in [1.54, 1.807) is 6.08 Å². The maximum atomic E-state index is 13.8. The van der Waals surface area contributed by atoms with Crippen molar-refractivity contribution in [2.45, 2.75) is 70.6 Å². The number of halogens is 3. The van der Waals surface area contributed by atoms with Crippen molar-refractivity contribution in [2.24, 2.45) is 35.0 Å². The fourth-order valence-corrected chi connectivity index (χ4v) is 6.82. The number of fused-ring (bicyclic) bond motifs is 5. The molecule has 3 saturated carbocycles. The van der Waals surface area contributed by atoms with Crippen LogP contribution in [0.3, 0.4) is 0 Å². The SMILES string of the molecule is CC(=O)O[C@]1(C(F)(F)F)CC[C@H]2[C@H](CC[C@@H]3[C@@H]2CC[C@]2(C)C(=O)C=C[C@@H]32)C1. The van der Waals surface area contributed by atoms with Gasteiger partial charge in [0.25, 0.3) is 0 Å². The van der Waals surface area contributed by atoms with Gasteiger partial charge in [-0.15, -0.1) is 0 Å². The Morgan fingerprint density at radius 1 is 1.11 bits per heavy atom. The van der Waals surface area contributed by atoms with E-state index in [0.29, 0.717) is 18.3 Å². The third-order valence-electron chi connectivity index (χ3n) is 8.12. The van der Waals surface area contributed by atoms with Crippen LogP contribution in [0, 0.1) is 35.0 Å². The average Bonchev–Trinajstić information content (AvgIpc) is 2.88. The molecule has 0 saturated heterocycles. The van der Waals surface area contributed by atoms with Gasteiger partial charge in [0.2, 0.25) is 5.60 Å². The fourth-order valence-electron chi connectivity index (χ4n) is 6.82. The summed E-state index contributed by atoms with van der Waals surface area (Å²) in [5, 5.41) is 0. The van der Waals surface area contributed by atoms with Gasteiger partial charge >= 0.3 is 12.1 Å². The van der Waals surface area contributed by atoms with Crippen LogP contribution in [0.2, 0.25) is 0 Å². The van der Waals surface area contributed by atoms with Gasteiger partial charge in [-0.2, -0.15) is 13.2 Å². The molecule has 0 aromatic rings. The number of hydrogen-bond donors (Lipinski definition) is 0. The molecule has 0 radical (unpaired) electrons. The van der Waals surface area contributed by atoms with Crippen molar-refractivity contribution >= 4 is 11.8 Å². The number of rotatable bonds is 1. The molecule has 4 aliphatic rings. The van der Waals surface area contributed by atoms with E-state index in [9.17, 15) is 22.8 Å². The van der Waals surface area contributed by atoms with E-state index in [0.717, 1.165) is 32.6 Å². The van der Waals surface area contributed by atoms with Gasteiger partial charge in [0.1, 0.15) is 0 Å². The molecule has 6 heteroatoms. The van der Waals surface area contributed by atoms with Crippen LogP contribution in [0.5, 0.6) is 0 Å². The highest BCUT2D eigenvalue weighted by Crippen LogP contribution is 2.62. The first-order valence-electron chi connectivity index (χ1n) is 10.1. The maximum Gasteiger partial charge on any atom is 0.428 e. The molecule has 150 valence electrons. The van der Waals surface area contributed by atoms with Gasteiger partial charge in [0.05, 0.1) is 0 Å². The molecule has 0 aromatic carbocycles. The topological polar surface area (TPSA) is 43.4 Å². The molecule has 3 nitrogen and oxygen atoms in total. The van der Waals surface area contributed by atoms with Crippen molar-refractivity contribution in [2.75, 3.05) is 0 Å². The number of carbonyl (C=O) groups excluding carboxylic acids is 2. The van der Waals surface area contributed by atoms with Crippen molar-refractivity contribution in [1.82, 2.24) is 0 Å². The van der Waals surface area contributed by atoms with Gasteiger partial charge in [-0.25, -0.2) is 0 Å². The second-order valence-electron chi connectivity index (χ2n) is 9.36. The molecule has 0 aromatic heterocycles. The van der Waals surface area contributed by atoms with E-state index < -0.39 is 17.7 Å². The molecule has 0 amide bonds. The lowest BCUT2D eigenvalue weighted by Gasteiger charge is -2.56. The van der Waals surface area contributed by atoms with Crippen LogP contribution in [0.15, 0.2) is 12.2 Å². The summed E-state index contributed by atoms with van der Waals surface area (Å²) in [5.74, 6) is 0.522. The van der Waals surface area contributed by atoms with E-state index in [1.807, 2.05) is 0 Å². The molecule has 0 spiro atoms. The number of hydrogen-bond acceptors (Lipinski definition) is 3. The van der Waals surface area contributed by atoms with Crippen molar-refractivity contribution in [3.05, 3.63) is 12.2 Å². The smallest absolute Gasteiger partial charge is 0.428 e. The molecule has 0 bridgehead atoms. The van der Waals surface area contributed by atoms with Crippen LogP contribution in [0.25, 0.3) is 0 Å². The first-order chi connectivity index (χ1) is 12.6. The Morgan fingerprint density at radius 2 is 1.81 bits per heavy atom. The van der Waals surface area contributed by atoms with Crippen LogP contribution in [0.4, 0.5) is 13.2 Å². The molecule has 0 N–H and O–H groups in total. The first kappa shape index (κ1) is 19.0. The summed E-state index contributed by atoms with van der Waals surface area (Å²) in [5.41, 5.74) is -2.63. The Bertz CT molecular complexity index is 685. The van der Waals surface area contributed by atoms with Gasteiger partial charge in [-0.1, -0.05) is 13.0 Å². The second kappa shape index (κ2) is 6.08. The number of ketones is 1. The molecule has 27 heavy (non-hydrogen) atoms. The first-order valence-corrected chi connectivity index (χ1v) is 10.1. The van der Waals surface area contributed by atoms with E-state index in [2.05, 4.69) is 13.0 Å². The Kier molecular flexibility index (Phi) is 4.28. The van der Waals surface area contributed by atoms with Crippen LogP contribution >= 0.6 is 0 Å². The maximum absolute atomic E-state index is 13.8. The molecule has 0 aliphatic heterocycles. The number of esters is 1. The van der Waals surface area contributed by atoms with E-state index >= 15 is 0 Å². The predicted octanol–water partition coefficient (Wildman–Crippen LogP) is 4.85. The molecular weight excluding hydrogens is 357 g/mol. The summed E-state index contributed by atoms with van der Waals surface area (Å²) in [6.45, 7) is 3.11. The van der Waals surface area contributed by atoms with Gasteiger partial charge in [0.15, 0.2) is 5.78 Å². The lowest BCUT2D eigenvalue weighted by Crippen LogP contribution is -2.56. The normalized spacial score (nSPS) is 46.4. The third kappa shape index (κ3) is 2.77. The van der Waals surface area contributed by atoms with Crippen molar-refractivity contribution in [3.8, 4) is 0 Å². The number of carbonyl (C=O) groups is 2. The van der Waals surface area contributed by atoms with Crippen molar-refractivity contribution < 1.29 is 27.5 Å². The summed E-state index contributed by atoms with van der Waals surface area (Å²) in [6, 6.07) is 0. The zero-order chi connectivity index (χ0) is 19.6. The highest BCUT2D eigenvalue weighted by atomic mass is 19.4. The molecule has 4 rings (SSSR count). The minimum atomic E-state index is -4.54. The molecule has 0 heterocycles. The summed E-state index contributed by atoms with van der Waals surface area (Å²) in [4.78, 5) is 23.7. The predicted molar refractivity (Wildman–Crippen MR) is 92.6 cm³/mol. The zero-order valence-electron chi connectivity index (χ0n) is 15.8. The van der Waals surface area contributed by atoms with E-state index in [-0.39, 0.29) is 41.8 Å². The molecular formula is C21H27F3O3. The van der Waals surface area contributed by atoms with Gasteiger partial charge < -0.3 is 4.74 Å². The van der Waals surface area contributed by atoms with Gasteiger partial charge in [-0.05, 0) is 80.6 Å². The number of alkyl halides is 3. The van der Waals surface area contributed by atoms with Crippen molar-refractivity contribution in [1.29, 1.82) is 0 Å². The van der Waals surface area contributed by atoms with Gasteiger partial charge in [-0.3, -0.25) is 9.59 Å². The molecule has 4 aliphatic carbocycles. The summed E-state index contributed by atoms with van der Waals surface area (Å²) >= 11 is 0. The Balaban J connectivity index is 1.56. The van der Waals surface area contributed by atoms with Gasteiger partial charge in [0, 0.05) is 12.3 Å². The Morgan fingerprint density at radius 3 is 2.48 bits per heavy atom. The highest BCUT2D eigenvalue weighted by molar-refractivity contribution is 5.97. The van der Waals surface area contributed by atoms with Crippen LogP contribution in [0.1, 0.15) is 58.8 Å². The van der Waals surface area contributed by atoms with Crippen LogP contribution in [-0.4, -0.2) is 23.5 Å². The summed E-state index contributed by atoms with van der Waals surface area (Å²) in [7, 11) is 0. The molecule has 7 atom stereocenters. The fraction of sp³-hybridized carbons (Fsp3) is 0.810. The number of allylic oxidation sites excluding steroid dienone is 2. The standard InChI is InChI=1S/C21H27F3O3/c1-12(25)27-20(21(22,23)24)10-8-14-13(11-20)3-4-16-15(14)7-9-19(2)17(16)5-6-18(19)26/h5-6,13-17H,3-4,7-11H2,1-2H3/t13-,14+,15-,16-,17+,19+,20-/m1/s1. The zero-order valence-corrected chi connectivity index (χ0v) is 15.8. The second-order valence-corrected chi connectivity index (χ2v) is 9.36. The lowest BCUT2D eigenvalue weighted by atomic mass is 9.49. The lowest BCUT2D eigenvalue weighted by molar-refractivity contribution is -0.289. The van der Waals surface area contributed by atoms with Crippen LogP contribution < -0.4 is 0 Å². The minimum Gasteiger partial charge on any atom is -0.450 e. The monoisotopic (exact) mass is 384 g/mol. The van der Waals surface area contributed by atoms with E-state index in [1.165, 1.54) is 0 Å². The molecule has 3 fully saturated rings. The quantitative estimate of drug-likeness (QED) is 0.607. The van der Waals surface area contributed by atoms with E-state index in [4.69, 9.17) is 4.74 Å². The Hall–Kier alpha value is -1.33. The van der Waals surface area contributed by atoms with Crippen LogP contribution in [-0.2, 0) is 14.3 Å². The highest BCUT2D eigenvalue weighted by Gasteiger charge is 2.63. The van der Waals surface area contributed by atoms with Crippen molar-refractivity contribution in [3.63, 3.8) is 0 Å². The summed E-state index contributed by atoms with van der Waals surface area (Å²) < 4.78 is 46.3.